The second-order valence-corrected chi connectivity index (χ2v) is 7.36. The minimum atomic E-state index is -1.74. The molecule has 0 heterocycles. The van der Waals surface area contributed by atoms with Crippen molar-refractivity contribution in [1.82, 2.24) is 10.2 Å². The highest BCUT2D eigenvalue weighted by molar-refractivity contribution is 5.97. The highest BCUT2D eigenvalue weighted by Gasteiger charge is 2.45. The second kappa shape index (κ2) is 5.91. The van der Waals surface area contributed by atoms with Crippen molar-refractivity contribution in [2.75, 3.05) is 0 Å². The van der Waals surface area contributed by atoms with E-state index >= 15 is 0 Å². The van der Waals surface area contributed by atoms with Crippen LogP contribution >= 0.6 is 0 Å². The Morgan fingerprint density at radius 2 is 1.38 bits per heavy atom. The SMILES string of the molecule is CC(C)(C)NC(=O)N(C(=O)OC(C)(C)C)C(C)(C)C(=O)O. The molecule has 0 bridgehead atoms. The van der Waals surface area contributed by atoms with Crippen LogP contribution in [0.3, 0.4) is 0 Å². The van der Waals surface area contributed by atoms with Gasteiger partial charge in [-0.05, 0) is 55.4 Å². The standard InChI is InChI=1S/C14H26N2O5/c1-12(2,3)15-10(19)16(14(7,8)9(17)18)11(20)21-13(4,5)6/h1-8H3,(H,15,19)(H,17,18). The molecule has 2 N–H and O–H groups in total. The Morgan fingerprint density at radius 1 is 0.952 bits per heavy atom. The van der Waals surface area contributed by atoms with E-state index in [-0.39, 0.29) is 0 Å². The number of carbonyl (C=O) groups excluding carboxylic acids is 2. The van der Waals surface area contributed by atoms with Gasteiger partial charge in [0, 0.05) is 5.54 Å². The maximum Gasteiger partial charge on any atom is 0.419 e. The highest BCUT2D eigenvalue weighted by Crippen LogP contribution is 2.20. The molecule has 0 aromatic heterocycles. The summed E-state index contributed by atoms with van der Waals surface area (Å²) >= 11 is 0. The Hall–Kier alpha value is -1.79. The molecule has 0 spiro atoms. The summed E-state index contributed by atoms with van der Waals surface area (Å²) in [5.74, 6) is -1.31. The minimum absolute atomic E-state index is 0.589. The smallest absolute Gasteiger partial charge is 0.419 e. The van der Waals surface area contributed by atoms with Gasteiger partial charge >= 0.3 is 18.1 Å². The Labute approximate surface area is 125 Å². The number of carboxylic acids is 1. The zero-order valence-electron chi connectivity index (χ0n) is 14.0. The molecule has 3 amide bonds. The van der Waals surface area contributed by atoms with Crippen molar-refractivity contribution in [2.24, 2.45) is 0 Å². The second-order valence-electron chi connectivity index (χ2n) is 7.36. The lowest BCUT2D eigenvalue weighted by atomic mass is 10.0. The van der Waals surface area contributed by atoms with Crippen molar-refractivity contribution in [1.29, 1.82) is 0 Å². The topological polar surface area (TPSA) is 95.9 Å². The van der Waals surface area contributed by atoms with Crippen molar-refractivity contribution >= 4 is 18.1 Å². The number of urea groups is 1. The molecule has 122 valence electrons. The van der Waals surface area contributed by atoms with E-state index in [9.17, 15) is 19.5 Å². The summed E-state index contributed by atoms with van der Waals surface area (Å²) < 4.78 is 5.13. The monoisotopic (exact) mass is 302 g/mol. The van der Waals surface area contributed by atoms with Gasteiger partial charge in [-0.15, -0.1) is 0 Å². The van der Waals surface area contributed by atoms with Gasteiger partial charge in [-0.3, -0.25) is 0 Å². The molecule has 0 radical (unpaired) electrons. The van der Waals surface area contributed by atoms with Crippen molar-refractivity contribution < 1.29 is 24.2 Å². The molecule has 7 nitrogen and oxygen atoms in total. The molecule has 0 saturated carbocycles. The first-order valence-electron chi connectivity index (χ1n) is 6.67. The normalized spacial score (nSPS) is 12.6. The third-order valence-corrected chi connectivity index (χ3v) is 2.34. The summed E-state index contributed by atoms with van der Waals surface area (Å²) in [6, 6.07) is -0.816. The summed E-state index contributed by atoms with van der Waals surface area (Å²) in [7, 11) is 0. The van der Waals surface area contributed by atoms with Gasteiger partial charge in [0.05, 0.1) is 0 Å². The van der Waals surface area contributed by atoms with Crippen LogP contribution in [0.4, 0.5) is 9.59 Å². The number of carbonyl (C=O) groups is 3. The van der Waals surface area contributed by atoms with Crippen LogP contribution in [0.2, 0.25) is 0 Å². The van der Waals surface area contributed by atoms with E-state index in [0.717, 1.165) is 0 Å². The molecule has 0 atom stereocenters. The summed E-state index contributed by atoms with van der Waals surface area (Å²) in [5, 5.41) is 11.8. The van der Waals surface area contributed by atoms with Gasteiger partial charge < -0.3 is 15.2 Å². The van der Waals surface area contributed by atoms with E-state index in [1.54, 1.807) is 41.5 Å². The quantitative estimate of drug-likeness (QED) is 0.817. The number of amides is 3. The van der Waals surface area contributed by atoms with E-state index in [1.807, 2.05) is 0 Å². The molecule has 0 aliphatic carbocycles. The Bertz CT molecular complexity index is 402. The number of nitrogens with zero attached hydrogens (tertiary/aromatic N) is 1. The van der Waals surface area contributed by atoms with Crippen LogP contribution in [0.1, 0.15) is 55.4 Å². The van der Waals surface area contributed by atoms with Gasteiger partial charge in [-0.2, -0.15) is 0 Å². The molecule has 0 aliphatic rings. The average molecular weight is 302 g/mol. The molecule has 0 aromatic carbocycles. The van der Waals surface area contributed by atoms with Crippen molar-refractivity contribution in [3.8, 4) is 0 Å². The van der Waals surface area contributed by atoms with Crippen LogP contribution in [-0.2, 0) is 9.53 Å². The van der Waals surface area contributed by atoms with Crippen LogP contribution in [0.25, 0.3) is 0 Å². The predicted molar refractivity (Wildman–Crippen MR) is 78.1 cm³/mol. The van der Waals surface area contributed by atoms with Gasteiger partial charge in [-0.1, -0.05) is 0 Å². The van der Waals surface area contributed by atoms with Crippen molar-refractivity contribution in [3.05, 3.63) is 0 Å². The first-order chi connectivity index (χ1) is 9.08. The third-order valence-electron chi connectivity index (χ3n) is 2.34. The van der Waals surface area contributed by atoms with Gasteiger partial charge in [0.2, 0.25) is 0 Å². The number of carboxylic acid groups (broad SMARTS) is 1. The summed E-state index contributed by atoms with van der Waals surface area (Å²) in [6.07, 6.45) is -1.00. The van der Waals surface area contributed by atoms with Gasteiger partial charge in [-0.25, -0.2) is 19.3 Å². The number of hydrogen-bond donors (Lipinski definition) is 2. The molecule has 0 saturated heterocycles. The molecule has 0 aliphatic heterocycles. The van der Waals surface area contributed by atoms with Gasteiger partial charge in [0.1, 0.15) is 11.1 Å². The van der Waals surface area contributed by atoms with Crippen LogP contribution in [-0.4, -0.2) is 44.8 Å². The largest absolute Gasteiger partial charge is 0.480 e. The summed E-state index contributed by atoms with van der Waals surface area (Å²) in [6.45, 7) is 12.6. The molecule has 0 aromatic rings. The predicted octanol–water partition coefficient (Wildman–Crippen LogP) is 2.59. The Morgan fingerprint density at radius 3 is 1.67 bits per heavy atom. The average Bonchev–Trinajstić information content (AvgIpc) is 2.09. The maximum atomic E-state index is 12.3. The first kappa shape index (κ1) is 19.2. The van der Waals surface area contributed by atoms with E-state index in [4.69, 9.17) is 4.74 Å². The van der Waals surface area contributed by atoms with E-state index < -0.39 is 34.8 Å². The number of imide groups is 1. The first-order valence-corrected chi connectivity index (χ1v) is 6.67. The zero-order chi connectivity index (χ0) is 17.2. The fourth-order valence-electron chi connectivity index (χ4n) is 1.34. The number of ether oxygens (including phenoxy) is 1. The molecule has 0 rings (SSSR count). The van der Waals surface area contributed by atoms with Crippen molar-refractivity contribution in [3.63, 3.8) is 0 Å². The number of hydrogen-bond acceptors (Lipinski definition) is 4. The maximum absolute atomic E-state index is 12.3. The number of nitrogens with one attached hydrogen (secondary N) is 1. The molecule has 0 fully saturated rings. The van der Waals surface area contributed by atoms with Crippen LogP contribution in [0, 0.1) is 0 Å². The number of aliphatic carboxylic acids is 1. The lowest BCUT2D eigenvalue weighted by Crippen LogP contribution is -2.61. The fraction of sp³-hybridized carbons (Fsp3) is 0.786. The number of rotatable bonds is 2. The molecule has 0 unspecified atom stereocenters. The van der Waals surface area contributed by atoms with Crippen LogP contribution in [0.5, 0.6) is 0 Å². The lowest BCUT2D eigenvalue weighted by Gasteiger charge is -2.36. The fourth-order valence-corrected chi connectivity index (χ4v) is 1.34. The Balaban J connectivity index is 5.55. The molecular formula is C14H26N2O5. The summed E-state index contributed by atoms with van der Waals surface area (Å²) in [5.41, 5.74) is -3.20. The van der Waals surface area contributed by atoms with Crippen molar-refractivity contribution in [2.45, 2.75) is 72.1 Å². The minimum Gasteiger partial charge on any atom is -0.480 e. The van der Waals surface area contributed by atoms with E-state index in [2.05, 4.69) is 5.32 Å². The third kappa shape index (κ3) is 6.01. The van der Waals surface area contributed by atoms with Gasteiger partial charge in [0.15, 0.2) is 0 Å². The van der Waals surface area contributed by atoms with E-state index in [1.165, 1.54) is 13.8 Å². The molecular weight excluding hydrogens is 276 g/mol. The zero-order valence-corrected chi connectivity index (χ0v) is 14.0. The van der Waals surface area contributed by atoms with E-state index in [0.29, 0.717) is 4.90 Å². The lowest BCUT2D eigenvalue weighted by molar-refractivity contribution is -0.147. The van der Waals surface area contributed by atoms with Gasteiger partial charge in [0.25, 0.3) is 0 Å². The van der Waals surface area contributed by atoms with Crippen LogP contribution < -0.4 is 5.32 Å². The van der Waals surface area contributed by atoms with Crippen LogP contribution in [0.15, 0.2) is 0 Å². The molecule has 21 heavy (non-hydrogen) atoms. The highest BCUT2D eigenvalue weighted by atomic mass is 16.6. The Kier molecular flexibility index (Phi) is 5.41. The summed E-state index contributed by atoms with van der Waals surface area (Å²) in [4.78, 5) is 36.5. The molecule has 7 heteroatoms.